The van der Waals surface area contributed by atoms with Gasteiger partial charge in [-0.3, -0.25) is 14.5 Å². The van der Waals surface area contributed by atoms with E-state index in [2.05, 4.69) is 0 Å². The second kappa shape index (κ2) is 11.0. The Morgan fingerprint density at radius 3 is 1.85 bits per heavy atom. The Hall–Kier alpha value is -2.97. The van der Waals surface area contributed by atoms with Crippen molar-refractivity contribution in [2.75, 3.05) is 20.8 Å². The van der Waals surface area contributed by atoms with Crippen molar-refractivity contribution < 1.29 is 38.1 Å². The van der Waals surface area contributed by atoms with Gasteiger partial charge in [-0.05, 0) is 78.1 Å². The van der Waals surface area contributed by atoms with E-state index >= 15 is 0 Å². The molecule has 1 atom stereocenters. The first kappa shape index (κ1) is 27.3. The van der Waals surface area contributed by atoms with Crippen LogP contribution in [0, 0.1) is 5.92 Å². The minimum atomic E-state index is -1.42. The first-order valence-corrected chi connectivity index (χ1v) is 11.4. The molecule has 9 heteroatoms. The maximum atomic E-state index is 13.3. The Morgan fingerprint density at radius 2 is 1.41 bits per heavy atom. The summed E-state index contributed by atoms with van der Waals surface area (Å²) in [4.78, 5) is 41.2. The predicted octanol–water partition coefficient (Wildman–Crippen LogP) is 4.06. The zero-order chi connectivity index (χ0) is 25.8. The molecule has 0 N–H and O–H groups in total. The van der Waals surface area contributed by atoms with Crippen molar-refractivity contribution in [2.24, 2.45) is 5.92 Å². The number of carbonyl (C=O) groups is 3. The lowest BCUT2D eigenvalue weighted by Crippen LogP contribution is -2.50. The van der Waals surface area contributed by atoms with Crippen molar-refractivity contribution in [2.45, 2.75) is 78.7 Å². The van der Waals surface area contributed by atoms with Gasteiger partial charge in [0.2, 0.25) is 0 Å². The molecule has 1 aromatic carbocycles. The van der Waals surface area contributed by atoms with Crippen molar-refractivity contribution in [3.63, 3.8) is 0 Å². The van der Waals surface area contributed by atoms with E-state index < -0.39 is 47.8 Å². The van der Waals surface area contributed by atoms with Crippen LogP contribution in [0.4, 0.5) is 4.79 Å². The highest BCUT2D eigenvalue weighted by atomic mass is 16.6. The molecule has 1 heterocycles. The summed E-state index contributed by atoms with van der Waals surface area (Å²) in [5.74, 6) is -2.06. The van der Waals surface area contributed by atoms with Gasteiger partial charge < -0.3 is 23.7 Å². The van der Waals surface area contributed by atoms with Crippen LogP contribution in [0.15, 0.2) is 12.1 Å². The molecule has 0 radical (unpaired) electrons. The molecule has 0 spiro atoms. The van der Waals surface area contributed by atoms with Crippen LogP contribution in [-0.2, 0) is 30.2 Å². The lowest BCUT2D eigenvalue weighted by atomic mass is 9.84. The summed E-state index contributed by atoms with van der Waals surface area (Å²) >= 11 is 0. The maximum absolute atomic E-state index is 13.3. The van der Waals surface area contributed by atoms with Gasteiger partial charge in [-0.1, -0.05) is 0 Å². The Bertz CT molecular complexity index is 881. The number of carbonyl (C=O) groups excluding carboxylic acids is 3. The number of ether oxygens (including phenoxy) is 5. The van der Waals surface area contributed by atoms with Crippen molar-refractivity contribution in [1.82, 2.24) is 4.90 Å². The number of benzene rings is 1. The molecule has 9 nitrogen and oxygen atoms in total. The van der Waals surface area contributed by atoms with Gasteiger partial charge in [-0.2, -0.15) is 0 Å². The lowest BCUT2D eigenvalue weighted by Gasteiger charge is -2.40. The Morgan fingerprint density at radius 1 is 0.912 bits per heavy atom. The van der Waals surface area contributed by atoms with Crippen molar-refractivity contribution in [3.05, 3.63) is 23.3 Å². The molecule has 1 aromatic rings. The topological polar surface area (TPSA) is 101 Å². The predicted molar refractivity (Wildman–Crippen MR) is 125 cm³/mol. The lowest BCUT2D eigenvalue weighted by molar-refractivity contribution is -0.170. The second-order valence-electron chi connectivity index (χ2n) is 9.72. The van der Waals surface area contributed by atoms with Gasteiger partial charge in [0.15, 0.2) is 17.4 Å². The highest BCUT2D eigenvalue weighted by Crippen LogP contribution is 2.42. The van der Waals surface area contributed by atoms with E-state index in [1.54, 1.807) is 60.6 Å². The van der Waals surface area contributed by atoms with E-state index in [4.69, 9.17) is 23.7 Å². The van der Waals surface area contributed by atoms with Crippen molar-refractivity contribution in [1.29, 1.82) is 0 Å². The Kier molecular flexibility index (Phi) is 8.80. The van der Waals surface area contributed by atoms with E-state index in [1.165, 1.54) is 19.1 Å². The van der Waals surface area contributed by atoms with E-state index in [-0.39, 0.29) is 6.54 Å². The number of esters is 2. The Labute approximate surface area is 201 Å². The number of nitrogens with zero attached hydrogens (tertiary/aromatic N) is 1. The molecule has 1 aliphatic heterocycles. The van der Waals surface area contributed by atoms with E-state index in [1.807, 2.05) is 0 Å². The number of methoxy groups -OCH3 is 2. The largest absolute Gasteiger partial charge is 0.493 e. The average molecular weight is 480 g/mol. The van der Waals surface area contributed by atoms with Crippen LogP contribution in [-0.4, -0.2) is 61.5 Å². The van der Waals surface area contributed by atoms with Crippen LogP contribution in [0.3, 0.4) is 0 Å². The highest BCUT2D eigenvalue weighted by Gasteiger charge is 2.47. The van der Waals surface area contributed by atoms with Gasteiger partial charge in [0.25, 0.3) is 0 Å². The van der Waals surface area contributed by atoms with Crippen LogP contribution in [0.5, 0.6) is 11.5 Å². The summed E-state index contributed by atoms with van der Waals surface area (Å²) in [5, 5.41) is 0. The van der Waals surface area contributed by atoms with Crippen molar-refractivity contribution >= 4 is 18.0 Å². The van der Waals surface area contributed by atoms with Crippen LogP contribution in [0.25, 0.3) is 0 Å². The third kappa shape index (κ3) is 6.55. The normalized spacial score (nSPS) is 15.8. The van der Waals surface area contributed by atoms with Gasteiger partial charge >= 0.3 is 18.0 Å². The summed E-state index contributed by atoms with van der Waals surface area (Å²) in [6, 6.07) is 2.47. The van der Waals surface area contributed by atoms with Crippen LogP contribution in [0.2, 0.25) is 0 Å². The standard InChI is InChI=1S/C25H37NO8/c1-14(2)32-22(27)20(23(28)33-15(3)4)21-17-13-19(31-9)18(30-8)12-16(17)10-11-26(21)24(29)34-25(5,6)7/h12-15,20-21H,10-11H2,1-9H3/t21-/m0/s1. The first-order chi connectivity index (χ1) is 15.8. The van der Waals surface area contributed by atoms with Gasteiger partial charge in [0, 0.05) is 6.54 Å². The number of hydrogen-bond acceptors (Lipinski definition) is 8. The van der Waals surface area contributed by atoms with Crippen molar-refractivity contribution in [3.8, 4) is 11.5 Å². The molecule has 0 unspecified atom stereocenters. The fraction of sp³-hybridized carbons (Fsp3) is 0.640. The number of amides is 1. The summed E-state index contributed by atoms with van der Waals surface area (Å²) in [6.07, 6.45) is -1.11. The first-order valence-electron chi connectivity index (χ1n) is 11.4. The van der Waals surface area contributed by atoms with Crippen LogP contribution in [0.1, 0.15) is 65.6 Å². The molecule has 190 valence electrons. The molecule has 0 saturated carbocycles. The molecule has 1 amide bonds. The molecule has 0 saturated heterocycles. The van der Waals surface area contributed by atoms with E-state index in [9.17, 15) is 14.4 Å². The number of rotatable bonds is 7. The smallest absolute Gasteiger partial charge is 0.410 e. The summed E-state index contributed by atoms with van der Waals surface area (Å²) < 4.78 is 27.4. The quantitative estimate of drug-likeness (QED) is 0.328. The maximum Gasteiger partial charge on any atom is 0.410 e. The Balaban J connectivity index is 2.71. The summed E-state index contributed by atoms with van der Waals surface area (Å²) in [5.41, 5.74) is 0.620. The fourth-order valence-corrected chi connectivity index (χ4v) is 3.83. The molecule has 0 aromatic heterocycles. The third-order valence-electron chi connectivity index (χ3n) is 5.08. The SMILES string of the molecule is COc1cc2c(cc1OC)[C@@H](C(C(=O)OC(C)C)C(=O)OC(C)C)N(C(=O)OC(C)(C)C)CC2. The van der Waals surface area contributed by atoms with Crippen LogP contribution >= 0.6 is 0 Å². The molecular weight excluding hydrogens is 442 g/mol. The molecule has 2 rings (SSSR count). The average Bonchev–Trinajstić information content (AvgIpc) is 2.70. The summed E-state index contributed by atoms with van der Waals surface area (Å²) in [7, 11) is 3.02. The minimum Gasteiger partial charge on any atom is -0.493 e. The molecule has 34 heavy (non-hydrogen) atoms. The number of fused-ring (bicyclic) bond motifs is 1. The highest BCUT2D eigenvalue weighted by molar-refractivity contribution is 5.97. The van der Waals surface area contributed by atoms with Gasteiger partial charge in [-0.15, -0.1) is 0 Å². The zero-order valence-electron chi connectivity index (χ0n) is 21.6. The van der Waals surface area contributed by atoms with E-state index in [0.29, 0.717) is 23.5 Å². The van der Waals surface area contributed by atoms with E-state index in [0.717, 1.165) is 5.56 Å². The van der Waals surface area contributed by atoms with Gasteiger partial charge in [0.05, 0.1) is 32.5 Å². The number of hydrogen-bond donors (Lipinski definition) is 0. The van der Waals surface area contributed by atoms with Crippen LogP contribution < -0.4 is 9.47 Å². The molecule has 0 aliphatic carbocycles. The minimum absolute atomic E-state index is 0.225. The molecule has 0 bridgehead atoms. The molecular formula is C25H37NO8. The molecule has 1 aliphatic rings. The third-order valence-corrected chi connectivity index (χ3v) is 5.08. The fourth-order valence-electron chi connectivity index (χ4n) is 3.83. The zero-order valence-corrected chi connectivity index (χ0v) is 21.6. The monoisotopic (exact) mass is 479 g/mol. The molecule has 0 fully saturated rings. The summed E-state index contributed by atoms with van der Waals surface area (Å²) in [6.45, 7) is 12.3. The van der Waals surface area contributed by atoms with Gasteiger partial charge in [-0.25, -0.2) is 4.79 Å². The van der Waals surface area contributed by atoms with Gasteiger partial charge in [0.1, 0.15) is 5.60 Å². The second-order valence-corrected chi connectivity index (χ2v) is 9.72.